The van der Waals surface area contributed by atoms with Crippen LogP contribution in [0.25, 0.3) is 11.4 Å². The van der Waals surface area contributed by atoms with Crippen LogP contribution in [-0.4, -0.2) is 21.6 Å². The van der Waals surface area contributed by atoms with Gasteiger partial charge in [0.25, 0.3) is 0 Å². The number of hydrogen-bond donors (Lipinski definition) is 0. The summed E-state index contributed by atoms with van der Waals surface area (Å²) in [6, 6.07) is 3.08. The van der Waals surface area contributed by atoms with Gasteiger partial charge in [0.05, 0.1) is 12.2 Å². The third-order valence-corrected chi connectivity index (χ3v) is 2.20. The third-order valence-electron chi connectivity index (χ3n) is 2.03. The van der Waals surface area contributed by atoms with E-state index >= 15 is 0 Å². The van der Waals surface area contributed by atoms with Crippen LogP contribution >= 0.6 is 11.6 Å². The average Bonchev–Trinajstić information content (AvgIpc) is 2.28. The summed E-state index contributed by atoms with van der Waals surface area (Å²) in [6.45, 7) is 2.08. The molecule has 0 fully saturated rings. The fourth-order valence-corrected chi connectivity index (χ4v) is 1.47. The first-order chi connectivity index (χ1) is 8.60. The van der Waals surface area contributed by atoms with Gasteiger partial charge in [-0.2, -0.15) is 15.0 Å². The Balaban J connectivity index is 2.49. The van der Waals surface area contributed by atoms with Gasteiger partial charge in [0.2, 0.25) is 5.28 Å². The predicted molar refractivity (Wildman–Crippen MR) is 61.4 cm³/mol. The molecule has 0 spiro atoms. The van der Waals surface area contributed by atoms with E-state index in [1.165, 1.54) is 6.07 Å². The standard InChI is InChI=1S/C11H8ClF2N3O/c1-2-18-11-16-9(15-10(12)17-11)7-4-3-6(13)5-8(7)14/h3-5H,2H2,1H3. The van der Waals surface area contributed by atoms with Crippen molar-refractivity contribution >= 4 is 11.6 Å². The van der Waals surface area contributed by atoms with Gasteiger partial charge in [-0.3, -0.25) is 0 Å². The van der Waals surface area contributed by atoms with E-state index in [-0.39, 0.29) is 22.7 Å². The molecule has 0 aliphatic carbocycles. The largest absolute Gasteiger partial charge is 0.464 e. The molecule has 0 radical (unpaired) electrons. The lowest BCUT2D eigenvalue weighted by Gasteiger charge is -2.05. The molecule has 1 aromatic carbocycles. The summed E-state index contributed by atoms with van der Waals surface area (Å²) >= 11 is 5.68. The monoisotopic (exact) mass is 271 g/mol. The Hall–Kier alpha value is -1.82. The Morgan fingerprint density at radius 2 is 2.00 bits per heavy atom. The molecule has 0 amide bonds. The zero-order valence-electron chi connectivity index (χ0n) is 9.32. The number of halogens is 3. The highest BCUT2D eigenvalue weighted by Gasteiger charge is 2.12. The number of aromatic nitrogens is 3. The minimum atomic E-state index is -0.778. The van der Waals surface area contributed by atoms with E-state index < -0.39 is 11.6 Å². The number of nitrogens with zero attached hydrogens (tertiary/aromatic N) is 3. The van der Waals surface area contributed by atoms with Crippen LogP contribution in [0.4, 0.5) is 8.78 Å². The van der Waals surface area contributed by atoms with Crippen molar-refractivity contribution in [2.75, 3.05) is 6.61 Å². The topological polar surface area (TPSA) is 47.9 Å². The summed E-state index contributed by atoms with van der Waals surface area (Å²) in [5, 5.41) is -0.118. The van der Waals surface area contributed by atoms with E-state index in [1.807, 2.05) is 0 Å². The summed E-state index contributed by atoms with van der Waals surface area (Å²) in [5.74, 6) is -1.46. The van der Waals surface area contributed by atoms with Crippen molar-refractivity contribution in [3.63, 3.8) is 0 Å². The van der Waals surface area contributed by atoms with Crippen LogP contribution in [0.3, 0.4) is 0 Å². The van der Waals surface area contributed by atoms with E-state index in [0.717, 1.165) is 12.1 Å². The maximum Gasteiger partial charge on any atom is 0.321 e. The molecule has 0 N–H and O–H groups in total. The summed E-state index contributed by atoms with van der Waals surface area (Å²) in [6.07, 6.45) is 0. The maximum atomic E-state index is 13.6. The average molecular weight is 272 g/mol. The molecule has 0 bridgehead atoms. The second-order valence-electron chi connectivity index (χ2n) is 3.27. The van der Waals surface area contributed by atoms with Crippen LogP contribution in [0, 0.1) is 11.6 Å². The highest BCUT2D eigenvalue weighted by atomic mass is 35.5. The highest BCUT2D eigenvalue weighted by molar-refractivity contribution is 6.28. The van der Waals surface area contributed by atoms with E-state index in [2.05, 4.69) is 15.0 Å². The van der Waals surface area contributed by atoms with Crippen LogP contribution in [0.2, 0.25) is 5.28 Å². The number of benzene rings is 1. The molecule has 2 rings (SSSR count). The van der Waals surface area contributed by atoms with Crippen molar-refractivity contribution in [1.82, 2.24) is 15.0 Å². The summed E-state index contributed by atoms with van der Waals surface area (Å²) in [5.41, 5.74) is 0.0293. The van der Waals surface area contributed by atoms with Crippen LogP contribution in [0.1, 0.15) is 6.92 Å². The summed E-state index contributed by atoms with van der Waals surface area (Å²) < 4.78 is 31.4. The molecular weight excluding hydrogens is 264 g/mol. The number of ether oxygens (including phenoxy) is 1. The van der Waals surface area contributed by atoms with Gasteiger partial charge < -0.3 is 4.74 Å². The van der Waals surface area contributed by atoms with E-state index in [4.69, 9.17) is 16.3 Å². The van der Waals surface area contributed by atoms with Crippen molar-refractivity contribution in [1.29, 1.82) is 0 Å². The zero-order chi connectivity index (χ0) is 13.1. The molecule has 1 heterocycles. The first kappa shape index (κ1) is 12.6. The van der Waals surface area contributed by atoms with E-state index in [0.29, 0.717) is 6.61 Å². The molecule has 2 aromatic rings. The number of hydrogen-bond acceptors (Lipinski definition) is 4. The Bertz CT molecular complexity index is 580. The highest BCUT2D eigenvalue weighted by Crippen LogP contribution is 2.22. The van der Waals surface area contributed by atoms with Crippen molar-refractivity contribution in [3.05, 3.63) is 35.1 Å². The molecule has 4 nitrogen and oxygen atoms in total. The third kappa shape index (κ3) is 2.70. The Kier molecular flexibility index (Phi) is 3.66. The second kappa shape index (κ2) is 5.22. The normalized spacial score (nSPS) is 10.4. The van der Waals surface area contributed by atoms with Crippen LogP contribution in [-0.2, 0) is 0 Å². The van der Waals surface area contributed by atoms with E-state index in [1.54, 1.807) is 6.92 Å². The van der Waals surface area contributed by atoms with Gasteiger partial charge in [0.1, 0.15) is 11.6 Å². The van der Waals surface area contributed by atoms with Crippen molar-refractivity contribution < 1.29 is 13.5 Å². The molecule has 0 saturated heterocycles. The fraction of sp³-hybridized carbons (Fsp3) is 0.182. The molecule has 0 unspecified atom stereocenters. The van der Waals surface area contributed by atoms with Gasteiger partial charge in [-0.1, -0.05) is 0 Å². The molecular formula is C11H8ClF2N3O. The van der Waals surface area contributed by atoms with Crippen molar-refractivity contribution in [2.24, 2.45) is 0 Å². The quantitative estimate of drug-likeness (QED) is 0.861. The molecule has 1 aromatic heterocycles. The molecule has 0 saturated carbocycles. The molecule has 94 valence electrons. The van der Waals surface area contributed by atoms with Gasteiger partial charge in [0, 0.05) is 6.07 Å². The van der Waals surface area contributed by atoms with Crippen LogP contribution < -0.4 is 4.74 Å². The van der Waals surface area contributed by atoms with Crippen molar-refractivity contribution in [3.8, 4) is 17.4 Å². The first-order valence-electron chi connectivity index (χ1n) is 5.10. The Morgan fingerprint density at radius 1 is 1.22 bits per heavy atom. The molecule has 0 atom stereocenters. The smallest absolute Gasteiger partial charge is 0.321 e. The molecule has 7 heteroatoms. The molecule has 0 aliphatic rings. The maximum absolute atomic E-state index is 13.6. The lowest BCUT2D eigenvalue weighted by Crippen LogP contribution is -2.02. The molecule has 0 aliphatic heterocycles. The fourth-order valence-electron chi connectivity index (χ4n) is 1.32. The molecule has 18 heavy (non-hydrogen) atoms. The van der Waals surface area contributed by atoms with Crippen LogP contribution in [0.15, 0.2) is 18.2 Å². The van der Waals surface area contributed by atoms with Gasteiger partial charge in [0.15, 0.2) is 5.82 Å². The van der Waals surface area contributed by atoms with Crippen molar-refractivity contribution in [2.45, 2.75) is 6.92 Å². The van der Waals surface area contributed by atoms with Gasteiger partial charge >= 0.3 is 6.01 Å². The number of rotatable bonds is 3. The Labute approximate surface area is 107 Å². The second-order valence-corrected chi connectivity index (χ2v) is 3.61. The van der Waals surface area contributed by atoms with Gasteiger partial charge in [-0.25, -0.2) is 8.78 Å². The lowest BCUT2D eigenvalue weighted by molar-refractivity contribution is 0.312. The zero-order valence-corrected chi connectivity index (χ0v) is 10.1. The minimum absolute atomic E-state index is 0.00350. The van der Waals surface area contributed by atoms with Crippen LogP contribution in [0.5, 0.6) is 6.01 Å². The summed E-state index contributed by atoms with van der Waals surface area (Å²) in [4.78, 5) is 11.4. The van der Waals surface area contributed by atoms with E-state index in [9.17, 15) is 8.78 Å². The minimum Gasteiger partial charge on any atom is -0.464 e. The van der Waals surface area contributed by atoms with Gasteiger partial charge in [-0.15, -0.1) is 0 Å². The van der Waals surface area contributed by atoms with Gasteiger partial charge in [-0.05, 0) is 30.7 Å². The first-order valence-corrected chi connectivity index (χ1v) is 5.47. The summed E-state index contributed by atoms with van der Waals surface area (Å²) in [7, 11) is 0. The Morgan fingerprint density at radius 3 is 2.67 bits per heavy atom. The SMILES string of the molecule is CCOc1nc(Cl)nc(-c2ccc(F)cc2F)n1. The predicted octanol–water partition coefficient (Wildman–Crippen LogP) is 2.87. The lowest BCUT2D eigenvalue weighted by atomic mass is 10.2.